The molecule has 1 saturated carbocycles. The van der Waals surface area contributed by atoms with E-state index in [1.807, 2.05) is 11.9 Å². The third-order valence-corrected chi connectivity index (χ3v) is 2.28. The van der Waals surface area contributed by atoms with Crippen LogP contribution in [0, 0.1) is 0 Å². The van der Waals surface area contributed by atoms with Crippen molar-refractivity contribution in [3.05, 3.63) is 12.7 Å². The number of carbonyl (C=O) groups is 1. The number of amides is 1. The van der Waals surface area contributed by atoms with E-state index in [0.717, 1.165) is 12.8 Å². The van der Waals surface area contributed by atoms with Gasteiger partial charge in [-0.1, -0.05) is 6.08 Å². The van der Waals surface area contributed by atoms with Crippen LogP contribution in [0.3, 0.4) is 0 Å². The Morgan fingerprint density at radius 3 is 2.93 bits per heavy atom. The molecule has 0 bridgehead atoms. The Kier molecular flexibility index (Phi) is 4.15. The van der Waals surface area contributed by atoms with E-state index in [4.69, 9.17) is 5.73 Å². The summed E-state index contributed by atoms with van der Waals surface area (Å²) in [7, 11) is 1.90. The van der Waals surface area contributed by atoms with Crippen molar-refractivity contribution in [1.82, 2.24) is 10.2 Å². The van der Waals surface area contributed by atoms with Gasteiger partial charge in [-0.3, -0.25) is 4.79 Å². The first-order valence-electron chi connectivity index (χ1n) is 5.05. The lowest BCUT2D eigenvalue weighted by atomic mass is 10.5. The minimum atomic E-state index is -0.137. The van der Waals surface area contributed by atoms with Gasteiger partial charge in [0.2, 0.25) is 5.91 Å². The number of nitrogens with two attached hydrogens (primary N) is 1. The number of hydrogen-bond acceptors (Lipinski definition) is 2. The molecule has 0 spiro atoms. The number of nitrogens with zero attached hydrogens (tertiary/aromatic N) is 2. The Morgan fingerprint density at radius 1 is 1.73 bits per heavy atom. The average molecular weight is 210 g/mol. The van der Waals surface area contributed by atoms with Gasteiger partial charge in [0.05, 0.1) is 0 Å². The van der Waals surface area contributed by atoms with Gasteiger partial charge in [0.1, 0.15) is 6.54 Å². The highest BCUT2D eigenvalue weighted by Gasteiger charge is 2.27. The summed E-state index contributed by atoms with van der Waals surface area (Å²) in [6.07, 6.45) is 3.95. The van der Waals surface area contributed by atoms with Crippen LogP contribution in [0.15, 0.2) is 17.6 Å². The van der Waals surface area contributed by atoms with Gasteiger partial charge in [-0.05, 0) is 12.8 Å². The fraction of sp³-hybridized carbons (Fsp3) is 0.600. The molecule has 1 aliphatic carbocycles. The molecule has 1 aliphatic rings. The molecule has 0 heterocycles. The van der Waals surface area contributed by atoms with Gasteiger partial charge < -0.3 is 16.0 Å². The van der Waals surface area contributed by atoms with Crippen molar-refractivity contribution in [2.24, 2.45) is 10.7 Å². The van der Waals surface area contributed by atoms with Crippen LogP contribution in [0.25, 0.3) is 0 Å². The largest absolute Gasteiger partial charge is 0.370 e. The maximum Gasteiger partial charge on any atom is 0.242 e. The van der Waals surface area contributed by atoms with Gasteiger partial charge in [0, 0.05) is 19.6 Å². The topological polar surface area (TPSA) is 70.7 Å². The number of nitrogens with one attached hydrogen (secondary N) is 1. The monoisotopic (exact) mass is 210 g/mol. The summed E-state index contributed by atoms with van der Waals surface area (Å²) in [6.45, 7) is 4.05. The van der Waals surface area contributed by atoms with Crippen molar-refractivity contribution in [3.8, 4) is 0 Å². The molecule has 1 amide bonds. The molecular weight excluding hydrogens is 192 g/mol. The fourth-order valence-corrected chi connectivity index (χ4v) is 1.16. The molecule has 0 atom stereocenters. The van der Waals surface area contributed by atoms with Gasteiger partial charge in [-0.2, -0.15) is 0 Å². The Labute approximate surface area is 90.0 Å². The van der Waals surface area contributed by atoms with Gasteiger partial charge >= 0.3 is 0 Å². The quantitative estimate of drug-likeness (QED) is 0.372. The molecule has 0 radical (unpaired) electrons. The smallest absolute Gasteiger partial charge is 0.242 e. The maximum absolute atomic E-state index is 11.2. The zero-order chi connectivity index (χ0) is 11.3. The molecule has 0 aliphatic heterocycles. The Bertz CT molecular complexity index is 271. The van der Waals surface area contributed by atoms with E-state index in [1.165, 1.54) is 0 Å². The molecule has 0 unspecified atom stereocenters. The molecule has 0 aromatic heterocycles. The van der Waals surface area contributed by atoms with Gasteiger partial charge in [-0.25, -0.2) is 4.99 Å². The SMILES string of the molecule is C=CCNC(=O)CN=C(N)N(C)C1CC1. The average Bonchev–Trinajstić information content (AvgIpc) is 3.05. The Morgan fingerprint density at radius 2 is 2.40 bits per heavy atom. The van der Waals surface area contributed by atoms with Crippen LogP contribution in [0.5, 0.6) is 0 Å². The predicted molar refractivity (Wildman–Crippen MR) is 60.5 cm³/mol. The summed E-state index contributed by atoms with van der Waals surface area (Å²) in [5.41, 5.74) is 5.71. The minimum absolute atomic E-state index is 0.0801. The number of guanidine groups is 1. The first kappa shape index (κ1) is 11.6. The second-order valence-corrected chi connectivity index (χ2v) is 3.61. The standard InChI is InChI=1S/C10H18N4O/c1-3-6-12-9(15)7-13-10(11)14(2)8-4-5-8/h3,8H,1,4-7H2,2H3,(H2,11,13)(H,12,15). The lowest BCUT2D eigenvalue weighted by Crippen LogP contribution is -2.37. The summed E-state index contributed by atoms with van der Waals surface area (Å²) in [5, 5.41) is 2.63. The van der Waals surface area contributed by atoms with Crippen molar-refractivity contribution in [2.75, 3.05) is 20.1 Å². The maximum atomic E-state index is 11.2. The Hall–Kier alpha value is -1.52. The Balaban J connectivity index is 2.28. The third-order valence-electron chi connectivity index (χ3n) is 2.28. The van der Waals surface area contributed by atoms with E-state index in [1.54, 1.807) is 6.08 Å². The normalized spacial score (nSPS) is 15.9. The van der Waals surface area contributed by atoms with Crippen molar-refractivity contribution < 1.29 is 4.79 Å². The second-order valence-electron chi connectivity index (χ2n) is 3.61. The van der Waals surface area contributed by atoms with Crippen LogP contribution >= 0.6 is 0 Å². The first-order valence-corrected chi connectivity index (χ1v) is 5.05. The zero-order valence-electron chi connectivity index (χ0n) is 9.07. The van der Waals surface area contributed by atoms with Crippen LogP contribution in [-0.4, -0.2) is 42.9 Å². The highest BCUT2D eigenvalue weighted by molar-refractivity contribution is 5.84. The molecule has 1 fully saturated rings. The van der Waals surface area contributed by atoms with E-state index in [2.05, 4.69) is 16.9 Å². The van der Waals surface area contributed by atoms with Crippen molar-refractivity contribution in [1.29, 1.82) is 0 Å². The van der Waals surface area contributed by atoms with Crippen molar-refractivity contribution in [3.63, 3.8) is 0 Å². The molecule has 3 N–H and O–H groups in total. The molecule has 1 rings (SSSR count). The number of carbonyl (C=O) groups excluding carboxylic acids is 1. The first-order chi connectivity index (χ1) is 7.15. The van der Waals surface area contributed by atoms with Crippen LogP contribution < -0.4 is 11.1 Å². The molecule has 0 saturated heterocycles. The van der Waals surface area contributed by atoms with Gasteiger partial charge in [0.15, 0.2) is 5.96 Å². The highest BCUT2D eigenvalue weighted by atomic mass is 16.1. The summed E-state index contributed by atoms with van der Waals surface area (Å²) >= 11 is 0. The molecule has 0 aromatic carbocycles. The van der Waals surface area contributed by atoms with Gasteiger partial charge in [-0.15, -0.1) is 6.58 Å². The molecule has 0 aromatic rings. The van der Waals surface area contributed by atoms with E-state index >= 15 is 0 Å². The van der Waals surface area contributed by atoms with E-state index in [0.29, 0.717) is 18.5 Å². The van der Waals surface area contributed by atoms with Crippen molar-refractivity contribution >= 4 is 11.9 Å². The van der Waals surface area contributed by atoms with Crippen LogP contribution in [0.1, 0.15) is 12.8 Å². The molecule has 15 heavy (non-hydrogen) atoms. The van der Waals surface area contributed by atoms with E-state index in [9.17, 15) is 4.79 Å². The van der Waals surface area contributed by atoms with Gasteiger partial charge in [0.25, 0.3) is 0 Å². The molecule has 84 valence electrons. The van der Waals surface area contributed by atoms with Crippen LogP contribution in [0.2, 0.25) is 0 Å². The predicted octanol–water partition coefficient (Wildman–Crippen LogP) is -0.302. The summed E-state index contributed by atoms with van der Waals surface area (Å²) in [5.74, 6) is 0.299. The zero-order valence-corrected chi connectivity index (χ0v) is 9.07. The number of rotatable bonds is 5. The fourth-order valence-electron chi connectivity index (χ4n) is 1.16. The lowest BCUT2D eigenvalue weighted by Gasteiger charge is -2.16. The molecular formula is C10H18N4O. The number of aliphatic imine (C=N–C) groups is 1. The summed E-state index contributed by atoms with van der Waals surface area (Å²) < 4.78 is 0. The van der Waals surface area contributed by atoms with Crippen molar-refractivity contribution in [2.45, 2.75) is 18.9 Å². The van der Waals surface area contributed by atoms with Crippen LogP contribution in [0.4, 0.5) is 0 Å². The van der Waals surface area contributed by atoms with Crippen LogP contribution in [-0.2, 0) is 4.79 Å². The summed E-state index contributed by atoms with van der Waals surface area (Å²) in [4.78, 5) is 17.1. The molecule has 5 nitrogen and oxygen atoms in total. The number of hydrogen-bond donors (Lipinski definition) is 2. The van der Waals surface area contributed by atoms with E-state index < -0.39 is 0 Å². The lowest BCUT2D eigenvalue weighted by molar-refractivity contribution is -0.119. The minimum Gasteiger partial charge on any atom is -0.370 e. The van der Waals surface area contributed by atoms with E-state index in [-0.39, 0.29) is 12.5 Å². The second kappa shape index (κ2) is 5.38. The highest BCUT2D eigenvalue weighted by Crippen LogP contribution is 2.24. The summed E-state index contributed by atoms with van der Waals surface area (Å²) in [6, 6.07) is 0.519. The third kappa shape index (κ3) is 4.01. The molecule has 5 heteroatoms.